The molecule has 1 heterocycles. The molecule has 1 aliphatic heterocycles. The lowest BCUT2D eigenvalue weighted by molar-refractivity contribution is 0.306. The second-order valence-corrected chi connectivity index (χ2v) is 6.31. The van der Waals surface area contributed by atoms with Crippen molar-refractivity contribution >= 4 is 28.9 Å². The third-order valence-electron chi connectivity index (χ3n) is 3.53. The zero-order valence-electron chi connectivity index (χ0n) is 11.1. The van der Waals surface area contributed by atoms with Crippen molar-refractivity contribution in [1.82, 2.24) is 5.32 Å². The highest BCUT2D eigenvalue weighted by Gasteiger charge is 2.32. The summed E-state index contributed by atoms with van der Waals surface area (Å²) in [6.45, 7) is 8.54. The Morgan fingerprint density at radius 1 is 1.39 bits per heavy atom. The lowest BCUT2D eigenvalue weighted by Gasteiger charge is -2.46. The van der Waals surface area contributed by atoms with Crippen molar-refractivity contribution in [3.05, 3.63) is 28.2 Å². The van der Waals surface area contributed by atoms with Crippen LogP contribution in [-0.2, 0) is 0 Å². The molecule has 2 rings (SSSR count). The quantitative estimate of drug-likeness (QED) is 0.885. The largest absolute Gasteiger partial charge is 0.364 e. The van der Waals surface area contributed by atoms with Crippen molar-refractivity contribution in [1.29, 1.82) is 0 Å². The van der Waals surface area contributed by atoms with Crippen LogP contribution in [-0.4, -0.2) is 24.7 Å². The van der Waals surface area contributed by atoms with E-state index >= 15 is 0 Å². The van der Waals surface area contributed by atoms with E-state index in [0.717, 1.165) is 25.2 Å². The number of hydrogen-bond donors (Lipinski definition) is 1. The van der Waals surface area contributed by atoms with Gasteiger partial charge in [0.05, 0.1) is 15.7 Å². The summed E-state index contributed by atoms with van der Waals surface area (Å²) in [7, 11) is 0. The van der Waals surface area contributed by atoms with E-state index in [1.165, 1.54) is 0 Å². The highest BCUT2D eigenvalue weighted by Crippen LogP contribution is 2.35. The standard InChI is InChI=1S/C14H20Cl2N2/c1-4-10-8-17-14(2,3)9-18(10)12-7-5-6-11(15)13(12)16/h5-7,10,17H,4,8-9H2,1-3H3. The van der Waals surface area contributed by atoms with Crippen LogP contribution in [0.25, 0.3) is 0 Å². The van der Waals surface area contributed by atoms with Gasteiger partial charge >= 0.3 is 0 Å². The molecule has 100 valence electrons. The van der Waals surface area contributed by atoms with Gasteiger partial charge in [0.1, 0.15) is 0 Å². The topological polar surface area (TPSA) is 15.3 Å². The van der Waals surface area contributed by atoms with Gasteiger partial charge in [-0.1, -0.05) is 36.2 Å². The Bertz CT molecular complexity index is 432. The summed E-state index contributed by atoms with van der Waals surface area (Å²) in [5.41, 5.74) is 1.14. The number of nitrogens with one attached hydrogen (secondary N) is 1. The van der Waals surface area contributed by atoms with Gasteiger partial charge in [-0.3, -0.25) is 0 Å². The van der Waals surface area contributed by atoms with Gasteiger partial charge < -0.3 is 10.2 Å². The zero-order valence-corrected chi connectivity index (χ0v) is 12.6. The summed E-state index contributed by atoms with van der Waals surface area (Å²) in [4.78, 5) is 2.38. The number of piperazine rings is 1. The smallest absolute Gasteiger partial charge is 0.0825 e. The average Bonchev–Trinajstić information content (AvgIpc) is 2.32. The van der Waals surface area contributed by atoms with E-state index in [2.05, 4.69) is 37.1 Å². The van der Waals surface area contributed by atoms with Gasteiger partial charge in [0.25, 0.3) is 0 Å². The van der Waals surface area contributed by atoms with Crippen LogP contribution < -0.4 is 10.2 Å². The van der Waals surface area contributed by atoms with Crippen LogP contribution in [0, 0.1) is 0 Å². The fourth-order valence-corrected chi connectivity index (χ4v) is 2.88. The molecule has 1 aromatic rings. The lowest BCUT2D eigenvalue weighted by atomic mass is 9.97. The highest BCUT2D eigenvalue weighted by atomic mass is 35.5. The van der Waals surface area contributed by atoms with Crippen molar-refractivity contribution in [3.63, 3.8) is 0 Å². The van der Waals surface area contributed by atoms with Gasteiger partial charge in [0.2, 0.25) is 0 Å². The number of rotatable bonds is 2. The van der Waals surface area contributed by atoms with Gasteiger partial charge in [-0.15, -0.1) is 0 Å². The molecule has 0 saturated carbocycles. The van der Waals surface area contributed by atoms with E-state index < -0.39 is 0 Å². The van der Waals surface area contributed by atoms with Gasteiger partial charge in [0.15, 0.2) is 0 Å². The van der Waals surface area contributed by atoms with Crippen LogP contribution in [0.5, 0.6) is 0 Å². The summed E-state index contributed by atoms with van der Waals surface area (Å²) in [6.07, 6.45) is 1.09. The molecule has 0 spiro atoms. The van der Waals surface area contributed by atoms with Crippen molar-refractivity contribution in [2.75, 3.05) is 18.0 Å². The molecule has 1 N–H and O–H groups in total. The highest BCUT2D eigenvalue weighted by molar-refractivity contribution is 6.43. The molecular weight excluding hydrogens is 267 g/mol. The zero-order chi connectivity index (χ0) is 13.3. The predicted octanol–water partition coefficient (Wildman–Crippen LogP) is 3.96. The van der Waals surface area contributed by atoms with Gasteiger partial charge in [0, 0.05) is 24.7 Å². The predicted molar refractivity (Wildman–Crippen MR) is 80.0 cm³/mol. The molecule has 1 aromatic carbocycles. The van der Waals surface area contributed by atoms with Crippen molar-refractivity contribution in [2.45, 2.75) is 38.8 Å². The minimum atomic E-state index is 0.0946. The molecular formula is C14H20Cl2N2. The van der Waals surface area contributed by atoms with Crippen LogP contribution in [0.3, 0.4) is 0 Å². The van der Waals surface area contributed by atoms with Crippen molar-refractivity contribution < 1.29 is 0 Å². The van der Waals surface area contributed by atoms with Gasteiger partial charge in [-0.25, -0.2) is 0 Å². The Morgan fingerprint density at radius 2 is 2.11 bits per heavy atom. The molecule has 0 bridgehead atoms. The fraction of sp³-hybridized carbons (Fsp3) is 0.571. The van der Waals surface area contributed by atoms with Gasteiger partial charge in [-0.2, -0.15) is 0 Å². The molecule has 1 atom stereocenters. The van der Waals surface area contributed by atoms with Crippen LogP contribution in [0.1, 0.15) is 27.2 Å². The Kier molecular flexibility index (Phi) is 4.10. The maximum atomic E-state index is 6.35. The van der Waals surface area contributed by atoms with Crippen LogP contribution in [0.4, 0.5) is 5.69 Å². The lowest BCUT2D eigenvalue weighted by Crippen LogP contribution is -2.61. The van der Waals surface area contributed by atoms with E-state index in [1.807, 2.05) is 12.1 Å². The molecule has 0 aromatic heterocycles. The van der Waals surface area contributed by atoms with Crippen molar-refractivity contribution in [2.24, 2.45) is 0 Å². The second-order valence-electron chi connectivity index (χ2n) is 5.53. The first-order chi connectivity index (χ1) is 8.44. The number of halogens is 2. The minimum absolute atomic E-state index is 0.0946. The first-order valence-corrected chi connectivity index (χ1v) is 7.16. The van der Waals surface area contributed by atoms with Crippen LogP contribution >= 0.6 is 23.2 Å². The molecule has 2 nitrogen and oxygen atoms in total. The second kappa shape index (κ2) is 5.28. The number of nitrogens with zero attached hydrogens (tertiary/aromatic N) is 1. The van der Waals surface area contributed by atoms with Crippen LogP contribution in [0.2, 0.25) is 10.0 Å². The summed E-state index contributed by atoms with van der Waals surface area (Å²) in [5, 5.41) is 4.86. The first-order valence-electron chi connectivity index (χ1n) is 6.40. The maximum Gasteiger partial charge on any atom is 0.0825 e. The van der Waals surface area contributed by atoms with E-state index in [-0.39, 0.29) is 5.54 Å². The number of benzene rings is 1. The monoisotopic (exact) mass is 286 g/mol. The summed E-state index contributed by atoms with van der Waals surface area (Å²) in [5.74, 6) is 0. The molecule has 4 heteroatoms. The molecule has 1 fully saturated rings. The van der Waals surface area contributed by atoms with E-state index in [1.54, 1.807) is 0 Å². The Balaban J connectivity index is 2.36. The van der Waals surface area contributed by atoms with E-state index in [4.69, 9.17) is 23.2 Å². The Morgan fingerprint density at radius 3 is 2.78 bits per heavy atom. The fourth-order valence-electron chi connectivity index (χ4n) is 2.48. The normalized spacial score (nSPS) is 23.2. The Hall–Kier alpha value is -0.440. The molecule has 1 aliphatic rings. The average molecular weight is 287 g/mol. The van der Waals surface area contributed by atoms with Gasteiger partial charge in [-0.05, 0) is 32.4 Å². The summed E-state index contributed by atoms with van der Waals surface area (Å²) in [6, 6.07) is 6.32. The van der Waals surface area contributed by atoms with E-state index in [0.29, 0.717) is 16.1 Å². The first kappa shape index (κ1) is 14.0. The number of hydrogen-bond acceptors (Lipinski definition) is 2. The summed E-state index contributed by atoms with van der Waals surface area (Å²) < 4.78 is 0. The Labute approximate surface area is 119 Å². The molecule has 1 unspecified atom stereocenters. The molecule has 0 radical (unpaired) electrons. The third-order valence-corrected chi connectivity index (χ3v) is 4.34. The summed E-state index contributed by atoms with van der Waals surface area (Å²) >= 11 is 12.5. The third kappa shape index (κ3) is 2.76. The van der Waals surface area contributed by atoms with E-state index in [9.17, 15) is 0 Å². The molecule has 0 aliphatic carbocycles. The SMILES string of the molecule is CCC1CNC(C)(C)CN1c1cccc(Cl)c1Cl. The van der Waals surface area contributed by atoms with Crippen molar-refractivity contribution in [3.8, 4) is 0 Å². The molecule has 1 saturated heterocycles. The van der Waals surface area contributed by atoms with Crippen LogP contribution in [0.15, 0.2) is 18.2 Å². The maximum absolute atomic E-state index is 6.35. The molecule has 0 amide bonds. The molecule has 18 heavy (non-hydrogen) atoms. The number of anilines is 1. The minimum Gasteiger partial charge on any atom is -0.364 e.